The van der Waals surface area contributed by atoms with Gasteiger partial charge in [-0.05, 0) is 25.0 Å². The van der Waals surface area contributed by atoms with Gasteiger partial charge in [0.15, 0.2) is 0 Å². The highest BCUT2D eigenvalue weighted by molar-refractivity contribution is 5.78. The summed E-state index contributed by atoms with van der Waals surface area (Å²) in [5, 5.41) is 2.91. The minimum absolute atomic E-state index is 0.0205. The number of aryl methyl sites for hydroxylation is 2. The van der Waals surface area contributed by atoms with Crippen molar-refractivity contribution in [2.24, 2.45) is 0 Å². The normalized spacial score (nSPS) is 10.4. The molecule has 4 nitrogen and oxygen atoms in total. The summed E-state index contributed by atoms with van der Waals surface area (Å²) in [6.07, 6.45) is 0.303. The summed E-state index contributed by atoms with van der Waals surface area (Å²) in [4.78, 5) is 25.6. The molecule has 0 aliphatic carbocycles. The summed E-state index contributed by atoms with van der Waals surface area (Å²) >= 11 is 0. The standard InChI is InChI=1S/C21H26N2O2/c1-16-7-9-19(10-8-16)14-22-21(25)11-12-23(18(3)24)15-20-6-4-5-17(2)13-20/h4-10,13H,11-12,14-15H2,1-3H3,(H,22,25). The largest absolute Gasteiger partial charge is 0.352 e. The average Bonchev–Trinajstić information content (AvgIpc) is 2.58. The third kappa shape index (κ3) is 6.42. The maximum Gasteiger partial charge on any atom is 0.222 e. The van der Waals surface area contributed by atoms with Gasteiger partial charge in [0.2, 0.25) is 11.8 Å². The maximum atomic E-state index is 12.1. The van der Waals surface area contributed by atoms with Crippen LogP contribution in [0.5, 0.6) is 0 Å². The zero-order valence-corrected chi connectivity index (χ0v) is 15.2. The summed E-state index contributed by atoms with van der Waals surface area (Å²) in [6.45, 7) is 7.06. The van der Waals surface area contributed by atoms with E-state index >= 15 is 0 Å². The van der Waals surface area contributed by atoms with Crippen LogP contribution in [0.1, 0.15) is 35.6 Å². The van der Waals surface area contributed by atoms with Crippen LogP contribution in [0.2, 0.25) is 0 Å². The van der Waals surface area contributed by atoms with Crippen molar-refractivity contribution in [2.45, 2.75) is 40.3 Å². The lowest BCUT2D eigenvalue weighted by Gasteiger charge is -2.21. The Kier molecular flexibility index (Phi) is 6.75. The van der Waals surface area contributed by atoms with Crippen molar-refractivity contribution in [2.75, 3.05) is 6.54 Å². The van der Waals surface area contributed by atoms with Crippen LogP contribution in [0.15, 0.2) is 48.5 Å². The molecule has 132 valence electrons. The van der Waals surface area contributed by atoms with Gasteiger partial charge in [0.1, 0.15) is 0 Å². The van der Waals surface area contributed by atoms with Crippen LogP contribution in [0.25, 0.3) is 0 Å². The smallest absolute Gasteiger partial charge is 0.222 e. The Morgan fingerprint density at radius 1 is 0.960 bits per heavy atom. The van der Waals surface area contributed by atoms with E-state index in [1.54, 1.807) is 11.8 Å². The van der Waals surface area contributed by atoms with Crippen LogP contribution in [0.4, 0.5) is 0 Å². The summed E-state index contributed by atoms with van der Waals surface area (Å²) < 4.78 is 0. The van der Waals surface area contributed by atoms with E-state index in [9.17, 15) is 9.59 Å². The molecule has 2 rings (SSSR count). The summed E-state index contributed by atoms with van der Waals surface area (Å²) in [5.41, 5.74) is 4.51. The van der Waals surface area contributed by atoms with Crippen molar-refractivity contribution >= 4 is 11.8 Å². The quantitative estimate of drug-likeness (QED) is 0.841. The third-order valence-electron chi connectivity index (χ3n) is 4.12. The number of nitrogens with one attached hydrogen (secondary N) is 1. The Hall–Kier alpha value is -2.62. The predicted octanol–water partition coefficient (Wildman–Crippen LogP) is 3.36. The van der Waals surface area contributed by atoms with Crippen molar-refractivity contribution in [1.29, 1.82) is 0 Å². The molecular weight excluding hydrogens is 312 g/mol. The highest BCUT2D eigenvalue weighted by Gasteiger charge is 2.12. The molecule has 0 aliphatic rings. The molecule has 0 aromatic heterocycles. The number of rotatable bonds is 7. The molecule has 2 amide bonds. The second-order valence-corrected chi connectivity index (χ2v) is 6.44. The van der Waals surface area contributed by atoms with Crippen LogP contribution < -0.4 is 5.32 Å². The lowest BCUT2D eigenvalue weighted by Crippen LogP contribution is -2.33. The first-order valence-corrected chi connectivity index (χ1v) is 8.57. The van der Waals surface area contributed by atoms with Crippen LogP contribution in [-0.4, -0.2) is 23.3 Å². The lowest BCUT2D eigenvalue weighted by atomic mass is 10.1. The highest BCUT2D eigenvalue weighted by atomic mass is 16.2. The SMILES string of the molecule is CC(=O)N(CCC(=O)NCc1ccc(C)cc1)Cc1cccc(C)c1. The van der Waals surface area contributed by atoms with Gasteiger partial charge in [-0.3, -0.25) is 9.59 Å². The van der Waals surface area contributed by atoms with E-state index in [1.807, 2.05) is 56.3 Å². The molecule has 25 heavy (non-hydrogen) atoms. The van der Waals surface area contributed by atoms with Gasteiger partial charge in [-0.25, -0.2) is 0 Å². The fourth-order valence-electron chi connectivity index (χ4n) is 2.61. The van der Waals surface area contributed by atoms with Crippen LogP contribution in [0, 0.1) is 13.8 Å². The molecular formula is C21H26N2O2. The molecule has 0 saturated carbocycles. The second-order valence-electron chi connectivity index (χ2n) is 6.44. The summed E-state index contributed by atoms with van der Waals surface area (Å²) in [6, 6.07) is 16.2. The topological polar surface area (TPSA) is 49.4 Å². The predicted molar refractivity (Wildman–Crippen MR) is 99.9 cm³/mol. The number of amides is 2. The fourth-order valence-corrected chi connectivity index (χ4v) is 2.61. The number of carbonyl (C=O) groups is 2. The molecule has 0 heterocycles. The molecule has 0 unspecified atom stereocenters. The van der Waals surface area contributed by atoms with E-state index in [0.717, 1.165) is 16.7 Å². The minimum atomic E-state index is -0.0453. The number of carbonyl (C=O) groups excluding carboxylic acids is 2. The number of hydrogen-bond acceptors (Lipinski definition) is 2. The fraction of sp³-hybridized carbons (Fsp3) is 0.333. The third-order valence-corrected chi connectivity index (χ3v) is 4.12. The second kappa shape index (κ2) is 9.02. The van der Waals surface area contributed by atoms with E-state index in [0.29, 0.717) is 26.1 Å². The van der Waals surface area contributed by atoms with Gasteiger partial charge in [-0.1, -0.05) is 59.7 Å². The molecule has 2 aromatic rings. The maximum absolute atomic E-state index is 12.1. The summed E-state index contributed by atoms with van der Waals surface area (Å²) in [5.74, 6) is -0.0658. The average molecular weight is 338 g/mol. The molecule has 0 spiro atoms. The van der Waals surface area contributed by atoms with Crippen molar-refractivity contribution < 1.29 is 9.59 Å². The van der Waals surface area contributed by atoms with Crippen molar-refractivity contribution in [3.63, 3.8) is 0 Å². The van der Waals surface area contributed by atoms with Gasteiger partial charge in [0, 0.05) is 33.0 Å². The van der Waals surface area contributed by atoms with Crippen LogP contribution in [0.3, 0.4) is 0 Å². The van der Waals surface area contributed by atoms with Gasteiger partial charge in [-0.2, -0.15) is 0 Å². The monoisotopic (exact) mass is 338 g/mol. The number of nitrogens with zero attached hydrogens (tertiary/aromatic N) is 1. The zero-order chi connectivity index (χ0) is 18.2. The van der Waals surface area contributed by atoms with Crippen LogP contribution >= 0.6 is 0 Å². The van der Waals surface area contributed by atoms with Gasteiger partial charge in [0.25, 0.3) is 0 Å². The Morgan fingerprint density at radius 3 is 2.32 bits per heavy atom. The van der Waals surface area contributed by atoms with Gasteiger partial charge in [-0.15, -0.1) is 0 Å². The first-order valence-electron chi connectivity index (χ1n) is 8.57. The summed E-state index contributed by atoms with van der Waals surface area (Å²) in [7, 11) is 0. The lowest BCUT2D eigenvalue weighted by molar-refractivity contribution is -0.130. The Bertz CT molecular complexity index is 723. The highest BCUT2D eigenvalue weighted by Crippen LogP contribution is 2.09. The zero-order valence-electron chi connectivity index (χ0n) is 15.2. The molecule has 0 radical (unpaired) electrons. The molecule has 2 aromatic carbocycles. The van der Waals surface area contributed by atoms with Crippen LogP contribution in [-0.2, 0) is 22.7 Å². The van der Waals surface area contributed by atoms with E-state index in [-0.39, 0.29) is 11.8 Å². The van der Waals surface area contributed by atoms with Crippen molar-refractivity contribution in [3.05, 3.63) is 70.8 Å². The number of benzene rings is 2. The van der Waals surface area contributed by atoms with E-state index < -0.39 is 0 Å². The molecule has 0 atom stereocenters. The Morgan fingerprint density at radius 2 is 1.68 bits per heavy atom. The molecule has 0 aliphatic heterocycles. The molecule has 0 bridgehead atoms. The van der Waals surface area contributed by atoms with Crippen molar-refractivity contribution in [1.82, 2.24) is 10.2 Å². The van der Waals surface area contributed by atoms with Crippen molar-refractivity contribution in [3.8, 4) is 0 Å². The Balaban J connectivity index is 1.82. The molecule has 1 N–H and O–H groups in total. The van der Waals surface area contributed by atoms with Gasteiger partial charge < -0.3 is 10.2 Å². The van der Waals surface area contributed by atoms with Gasteiger partial charge >= 0.3 is 0 Å². The first-order chi connectivity index (χ1) is 11.9. The minimum Gasteiger partial charge on any atom is -0.352 e. The van der Waals surface area contributed by atoms with Gasteiger partial charge in [0.05, 0.1) is 0 Å². The van der Waals surface area contributed by atoms with E-state index in [1.165, 1.54) is 5.56 Å². The number of hydrogen-bond donors (Lipinski definition) is 1. The van der Waals surface area contributed by atoms with E-state index in [2.05, 4.69) is 11.4 Å². The van der Waals surface area contributed by atoms with E-state index in [4.69, 9.17) is 0 Å². The Labute approximate surface area is 149 Å². The molecule has 0 saturated heterocycles. The molecule has 4 heteroatoms. The molecule has 0 fully saturated rings. The first kappa shape index (κ1) is 18.7.